The molecule has 3 amide bonds. The second-order valence-corrected chi connectivity index (χ2v) is 10.2. The molecule has 0 aromatic heterocycles. The van der Waals surface area contributed by atoms with Gasteiger partial charge < -0.3 is 9.80 Å². The molecule has 1 saturated heterocycles. The summed E-state index contributed by atoms with van der Waals surface area (Å²) >= 11 is 0. The Labute approximate surface area is 236 Å². The molecular formula is C33H49N3O3. The Kier molecular flexibility index (Phi) is 14.3. The highest BCUT2D eigenvalue weighted by atomic mass is 16.2. The lowest BCUT2D eigenvalue weighted by Crippen LogP contribution is -2.50. The number of para-hydroxylation sites is 1. The van der Waals surface area contributed by atoms with Gasteiger partial charge in [0.25, 0.3) is 0 Å². The second-order valence-electron chi connectivity index (χ2n) is 10.2. The number of nitrogens with zero attached hydrogens (tertiary/aromatic N) is 3. The third-order valence-electron chi connectivity index (χ3n) is 7.57. The monoisotopic (exact) mass is 535 g/mol. The zero-order valence-electron chi connectivity index (χ0n) is 24.8. The van der Waals surface area contributed by atoms with Gasteiger partial charge in [0.15, 0.2) is 0 Å². The SMILES string of the molecule is CC.CCC(=O)N(C)C(=O)CC(C)c1ccccc1.O=C(C1CCCCC1)N1CCN(c2ccccc2)CC1. The van der Waals surface area contributed by atoms with Crippen LogP contribution in [0.4, 0.5) is 5.69 Å². The van der Waals surface area contributed by atoms with Crippen molar-refractivity contribution in [1.29, 1.82) is 0 Å². The van der Waals surface area contributed by atoms with Crippen molar-refractivity contribution in [2.75, 3.05) is 38.1 Å². The summed E-state index contributed by atoms with van der Waals surface area (Å²) in [4.78, 5) is 41.4. The number of anilines is 1. The van der Waals surface area contributed by atoms with E-state index in [0.717, 1.165) is 44.6 Å². The Bertz CT molecular complexity index is 982. The van der Waals surface area contributed by atoms with Crippen molar-refractivity contribution >= 4 is 23.4 Å². The molecule has 4 rings (SSSR count). The van der Waals surface area contributed by atoms with Gasteiger partial charge in [0.2, 0.25) is 17.7 Å². The zero-order valence-corrected chi connectivity index (χ0v) is 24.8. The highest BCUT2D eigenvalue weighted by Crippen LogP contribution is 2.26. The zero-order chi connectivity index (χ0) is 28.6. The minimum absolute atomic E-state index is 0.117. The van der Waals surface area contributed by atoms with Gasteiger partial charge >= 0.3 is 0 Å². The van der Waals surface area contributed by atoms with Crippen molar-refractivity contribution in [3.8, 4) is 0 Å². The molecule has 214 valence electrons. The number of hydrogen-bond acceptors (Lipinski definition) is 4. The number of hydrogen-bond donors (Lipinski definition) is 0. The molecule has 1 saturated carbocycles. The molecule has 0 spiro atoms. The number of imide groups is 1. The van der Waals surface area contributed by atoms with Crippen molar-refractivity contribution < 1.29 is 14.4 Å². The van der Waals surface area contributed by atoms with Crippen LogP contribution in [0, 0.1) is 5.92 Å². The second kappa shape index (κ2) is 17.4. The maximum absolute atomic E-state index is 12.5. The first-order valence-electron chi connectivity index (χ1n) is 14.8. The minimum atomic E-state index is -0.129. The van der Waals surface area contributed by atoms with Crippen LogP contribution in [0.2, 0.25) is 0 Å². The van der Waals surface area contributed by atoms with Crippen LogP contribution < -0.4 is 4.90 Å². The van der Waals surface area contributed by atoms with Gasteiger partial charge in [-0.3, -0.25) is 19.3 Å². The number of carbonyl (C=O) groups excluding carboxylic acids is 3. The van der Waals surface area contributed by atoms with E-state index in [9.17, 15) is 14.4 Å². The van der Waals surface area contributed by atoms with Crippen LogP contribution in [0.3, 0.4) is 0 Å². The number of carbonyl (C=O) groups is 3. The number of benzene rings is 2. The van der Waals surface area contributed by atoms with E-state index in [1.165, 1.54) is 29.8 Å². The average Bonchev–Trinajstić information content (AvgIpc) is 3.02. The number of piperazine rings is 1. The van der Waals surface area contributed by atoms with E-state index in [2.05, 4.69) is 34.1 Å². The molecule has 1 heterocycles. The third kappa shape index (κ3) is 10.2. The van der Waals surface area contributed by atoms with Crippen LogP contribution in [0.1, 0.15) is 84.1 Å². The van der Waals surface area contributed by atoms with E-state index >= 15 is 0 Å². The summed E-state index contributed by atoms with van der Waals surface area (Å²) in [5.74, 6) is 0.615. The molecule has 6 heteroatoms. The van der Waals surface area contributed by atoms with Crippen molar-refractivity contribution in [3.63, 3.8) is 0 Å². The van der Waals surface area contributed by atoms with Gasteiger partial charge in [-0.2, -0.15) is 0 Å². The first-order valence-corrected chi connectivity index (χ1v) is 14.8. The van der Waals surface area contributed by atoms with Gasteiger partial charge in [-0.05, 0) is 36.5 Å². The summed E-state index contributed by atoms with van der Waals surface area (Å²) in [6.45, 7) is 11.4. The Morgan fingerprint density at radius 3 is 1.90 bits per heavy atom. The predicted molar refractivity (Wildman–Crippen MR) is 161 cm³/mol. The van der Waals surface area contributed by atoms with Crippen LogP contribution in [-0.2, 0) is 14.4 Å². The molecule has 0 bridgehead atoms. The highest BCUT2D eigenvalue weighted by molar-refractivity contribution is 5.95. The van der Waals surface area contributed by atoms with Gasteiger partial charge in [0, 0.05) is 57.7 Å². The summed E-state index contributed by atoms with van der Waals surface area (Å²) < 4.78 is 0. The Balaban J connectivity index is 0.000000261. The molecule has 39 heavy (non-hydrogen) atoms. The molecule has 0 N–H and O–H groups in total. The topological polar surface area (TPSA) is 60.9 Å². The maximum atomic E-state index is 12.5. The summed E-state index contributed by atoms with van der Waals surface area (Å²) in [7, 11) is 1.55. The molecule has 1 atom stereocenters. The summed E-state index contributed by atoms with van der Waals surface area (Å²) in [6, 6.07) is 20.4. The average molecular weight is 536 g/mol. The van der Waals surface area contributed by atoms with Crippen LogP contribution in [-0.4, -0.2) is 60.7 Å². The van der Waals surface area contributed by atoms with Crippen molar-refractivity contribution in [3.05, 3.63) is 66.2 Å². The Morgan fingerprint density at radius 1 is 0.821 bits per heavy atom. The summed E-state index contributed by atoms with van der Waals surface area (Å²) in [6.07, 6.45) is 6.73. The van der Waals surface area contributed by atoms with Gasteiger partial charge in [0.1, 0.15) is 0 Å². The lowest BCUT2D eigenvalue weighted by atomic mass is 9.88. The van der Waals surface area contributed by atoms with Crippen LogP contribution >= 0.6 is 0 Å². The first-order chi connectivity index (χ1) is 18.9. The maximum Gasteiger partial charge on any atom is 0.229 e. The smallest absolute Gasteiger partial charge is 0.229 e. The number of rotatable bonds is 6. The van der Waals surface area contributed by atoms with Gasteiger partial charge in [-0.15, -0.1) is 0 Å². The molecule has 2 aromatic carbocycles. The minimum Gasteiger partial charge on any atom is -0.368 e. The molecular weight excluding hydrogens is 486 g/mol. The fourth-order valence-electron chi connectivity index (χ4n) is 5.11. The van der Waals surface area contributed by atoms with Crippen molar-refractivity contribution in [2.45, 2.75) is 78.6 Å². The standard InChI is InChI=1S/C17H24N2O.C14H19NO2.C2H6/c20-17(15-7-3-1-4-8-15)19-13-11-18(12-14-19)16-9-5-2-6-10-16;1-4-13(16)15(3)14(17)10-11(2)12-8-6-5-7-9-12;1-2/h2,5-6,9-10,15H,1,3-4,7-8,11-14H2;5-9,11H,4,10H2,1-3H3;1-2H3. The van der Waals surface area contributed by atoms with Crippen LogP contribution in [0.25, 0.3) is 0 Å². The van der Waals surface area contributed by atoms with Crippen LogP contribution in [0.5, 0.6) is 0 Å². The summed E-state index contributed by atoms with van der Waals surface area (Å²) in [5, 5.41) is 0. The van der Waals surface area contributed by atoms with Crippen molar-refractivity contribution in [1.82, 2.24) is 9.80 Å². The molecule has 6 nitrogen and oxygen atoms in total. The van der Waals surface area contributed by atoms with E-state index in [1.807, 2.05) is 57.2 Å². The molecule has 1 unspecified atom stereocenters. The molecule has 2 aromatic rings. The van der Waals surface area contributed by atoms with Gasteiger partial charge in [-0.25, -0.2) is 0 Å². The fraction of sp³-hybridized carbons (Fsp3) is 0.545. The van der Waals surface area contributed by atoms with E-state index in [-0.39, 0.29) is 17.7 Å². The van der Waals surface area contributed by atoms with Crippen molar-refractivity contribution in [2.24, 2.45) is 5.92 Å². The quantitative estimate of drug-likeness (QED) is 0.423. The number of amides is 3. The molecule has 2 aliphatic rings. The molecule has 1 aliphatic carbocycles. The third-order valence-corrected chi connectivity index (χ3v) is 7.57. The fourth-order valence-corrected chi connectivity index (χ4v) is 5.11. The predicted octanol–water partition coefficient (Wildman–Crippen LogP) is 6.52. The molecule has 2 fully saturated rings. The van der Waals surface area contributed by atoms with E-state index < -0.39 is 0 Å². The molecule has 0 radical (unpaired) electrons. The Hall–Kier alpha value is -3.15. The lowest BCUT2D eigenvalue weighted by molar-refractivity contribution is -0.143. The first kappa shape index (κ1) is 32.1. The van der Waals surface area contributed by atoms with Gasteiger partial charge in [-0.1, -0.05) is 95.5 Å². The van der Waals surface area contributed by atoms with E-state index in [4.69, 9.17) is 0 Å². The Morgan fingerprint density at radius 2 is 1.36 bits per heavy atom. The van der Waals surface area contributed by atoms with E-state index in [0.29, 0.717) is 24.7 Å². The van der Waals surface area contributed by atoms with E-state index in [1.54, 1.807) is 14.0 Å². The van der Waals surface area contributed by atoms with Crippen LogP contribution in [0.15, 0.2) is 60.7 Å². The summed E-state index contributed by atoms with van der Waals surface area (Å²) in [5.41, 5.74) is 2.40. The highest BCUT2D eigenvalue weighted by Gasteiger charge is 2.28. The largest absolute Gasteiger partial charge is 0.368 e. The van der Waals surface area contributed by atoms with Gasteiger partial charge in [0.05, 0.1) is 0 Å². The normalized spacial score (nSPS) is 16.1. The molecule has 1 aliphatic heterocycles. The lowest BCUT2D eigenvalue weighted by Gasteiger charge is -2.38.